The molecular formula is C5H12N2O3. The summed E-state index contributed by atoms with van der Waals surface area (Å²) in [6, 6.07) is -0.918. The first-order valence-electron chi connectivity index (χ1n) is 2.96. The molecule has 10 heavy (non-hydrogen) atoms. The van der Waals surface area contributed by atoms with Gasteiger partial charge in [-0.25, -0.2) is 0 Å². The van der Waals surface area contributed by atoms with Crippen LogP contribution in [0.1, 0.15) is 12.8 Å². The SMILES string of the molecule is NC(O)CC[C@@H](N)C(=O)O. The Morgan fingerprint density at radius 1 is 1.40 bits per heavy atom. The van der Waals surface area contributed by atoms with E-state index in [2.05, 4.69) is 0 Å². The van der Waals surface area contributed by atoms with Gasteiger partial charge in [0, 0.05) is 0 Å². The lowest BCUT2D eigenvalue weighted by Crippen LogP contribution is -2.32. The Labute approximate surface area is 58.6 Å². The van der Waals surface area contributed by atoms with Crippen molar-refractivity contribution in [2.24, 2.45) is 11.5 Å². The highest BCUT2D eigenvalue weighted by Gasteiger charge is 2.11. The van der Waals surface area contributed by atoms with E-state index in [0.29, 0.717) is 0 Å². The topological polar surface area (TPSA) is 110 Å². The van der Waals surface area contributed by atoms with Gasteiger partial charge in [0.15, 0.2) is 0 Å². The van der Waals surface area contributed by atoms with Crippen molar-refractivity contribution in [2.45, 2.75) is 25.1 Å². The van der Waals surface area contributed by atoms with Gasteiger partial charge in [-0.05, 0) is 12.8 Å². The minimum atomic E-state index is -1.07. The summed E-state index contributed by atoms with van der Waals surface area (Å²) in [6.07, 6.45) is -0.550. The van der Waals surface area contributed by atoms with Crippen LogP contribution in [0.25, 0.3) is 0 Å². The van der Waals surface area contributed by atoms with Crippen LogP contribution in [0, 0.1) is 0 Å². The highest BCUT2D eigenvalue weighted by Crippen LogP contribution is 1.95. The highest BCUT2D eigenvalue weighted by atomic mass is 16.4. The number of nitrogens with two attached hydrogens (primary N) is 2. The Morgan fingerprint density at radius 2 is 1.90 bits per heavy atom. The van der Waals surface area contributed by atoms with Crippen molar-refractivity contribution in [3.8, 4) is 0 Å². The van der Waals surface area contributed by atoms with Crippen LogP contribution in [0.2, 0.25) is 0 Å². The van der Waals surface area contributed by atoms with Crippen LogP contribution < -0.4 is 11.5 Å². The third kappa shape index (κ3) is 4.25. The predicted octanol–water partition coefficient (Wildman–Crippen LogP) is -1.54. The van der Waals surface area contributed by atoms with Gasteiger partial charge >= 0.3 is 5.97 Å². The maximum absolute atomic E-state index is 10.1. The normalized spacial score (nSPS) is 16.3. The molecular weight excluding hydrogens is 136 g/mol. The first-order valence-corrected chi connectivity index (χ1v) is 2.96. The number of hydrogen-bond acceptors (Lipinski definition) is 4. The Balaban J connectivity index is 3.40. The molecule has 5 heteroatoms. The van der Waals surface area contributed by atoms with Gasteiger partial charge in [0.05, 0.1) is 0 Å². The fourth-order valence-corrected chi connectivity index (χ4v) is 0.474. The summed E-state index contributed by atoms with van der Waals surface area (Å²) < 4.78 is 0. The van der Waals surface area contributed by atoms with Gasteiger partial charge in [0.2, 0.25) is 0 Å². The first-order chi connectivity index (χ1) is 4.54. The zero-order chi connectivity index (χ0) is 8.15. The van der Waals surface area contributed by atoms with E-state index in [1.54, 1.807) is 0 Å². The Kier molecular flexibility index (Phi) is 3.94. The van der Waals surface area contributed by atoms with E-state index < -0.39 is 18.2 Å². The van der Waals surface area contributed by atoms with Crippen molar-refractivity contribution in [3.63, 3.8) is 0 Å². The number of aliphatic hydroxyl groups excluding tert-OH is 1. The van der Waals surface area contributed by atoms with E-state index in [1.165, 1.54) is 0 Å². The minimum absolute atomic E-state index is 0.201. The molecule has 0 amide bonds. The lowest BCUT2D eigenvalue weighted by atomic mass is 10.1. The van der Waals surface area contributed by atoms with E-state index in [9.17, 15) is 4.79 Å². The van der Waals surface area contributed by atoms with Crippen LogP contribution in [0.15, 0.2) is 0 Å². The molecule has 0 aliphatic carbocycles. The summed E-state index contributed by atoms with van der Waals surface area (Å²) in [7, 11) is 0. The molecule has 0 spiro atoms. The van der Waals surface area contributed by atoms with E-state index in [-0.39, 0.29) is 12.8 Å². The lowest BCUT2D eigenvalue weighted by Gasteiger charge is -2.06. The van der Waals surface area contributed by atoms with Gasteiger partial charge < -0.3 is 21.7 Å². The van der Waals surface area contributed by atoms with Crippen molar-refractivity contribution in [1.29, 1.82) is 0 Å². The van der Waals surface area contributed by atoms with Crippen molar-refractivity contribution in [1.82, 2.24) is 0 Å². The molecule has 1 unspecified atom stereocenters. The van der Waals surface area contributed by atoms with Gasteiger partial charge in [0.25, 0.3) is 0 Å². The molecule has 0 aromatic heterocycles. The molecule has 0 rings (SSSR count). The smallest absolute Gasteiger partial charge is 0.320 e. The average molecular weight is 148 g/mol. The maximum Gasteiger partial charge on any atom is 0.320 e. The Hall–Kier alpha value is -0.650. The van der Waals surface area contributed by atoms with E-state index in [1.807, 2.05) is 0 Å². The largest absolute Gasteiger partial charge is 0.480 e. The van der Waals surface area contributed by atoms with Crippen LogP contribution >= 0.6 is 0 Å². The summed E-state index contributed by atoms with van der Waals surface area (Å²) in [4.78, 5) is 10.1. The Morgan fingerprint density at radius 3 is 2.20 bits per heavy atom. The molecule has 0 saturated heterocycles. The third-order valence-corrected chi connectivity index (χ3v) is 1.09. The van der Waals surface area contributed by atoms with Crippen LogP contribution in [0.4, 0.5) is 0 Å². The molecule has 5 nitrogen and oxygen atoms in total. The molecule has 0 aliphatic heterocycles. The van der Waals surface area contributed by atoms with Crippen LogP contribution in [0.5, 0.6) is 0 Å². The summed E-state index contributed by atoms with van der Waals surface area (Å²) in [6.45, 7) is 0. The molecule has 0 radical (unpaired) electrons. The van der Waals surface area contributed by atoms with Crippen molar-refractivity contribution >= 4 is 5.97 Å². The second-order valence-corrected chi connectivity index (χ2v) is 2.09. The average Bonchev–Trinajstić information content (AvgIpc) is 1.82. The van der Waals surface area contributed by atoms with E-state index >= 15 is 0 Å². The number of rotatable bonds is 4. The maximum atomic E-state index is 10.1. The van der Waals surface area contributed by atoms with Gasteiger partial charge in [-0.15, -0.1) is 0 Å². The number of carboxylic acids is 1. The highest BCUT2D eigenvalue weighted by molar-refractivity contribution is 5.72. The first kappa shape index (κ1) is 9.35. The summed E-state index contributed by atoms with van der Waals surface area (Å²) in [5.74, 6) is -1.07. The van der Waals surface area contributed by atoms with Crippen LogP contribution in [0.3, 0.4) is 0 Å². The van der Waals surface area contributed by atoms with Gasteiger partial charge in [-0.1, -0.05) is 0 Å². The third-order valence-electron chi connectivity index (χ3n) is 1.09. The van der Waals surface area contributed by atoms with Crippen molar-refractivity contribution in [2.75, 3.05) is 0 Å². The summed E-state index contributed by atoms with van der Waals surface area (Å²) in [5.41, 5.74) is 10.0. The fourth-order valence-electron chi connectivity index (χ4n) is 0.474. The Bertz CT molecular complexity index is 115. The molecule has 0 aliphatic rings. The summed E-state index contributed by atoms with van der Waals surface area (Å²) in [5, 5.41) is 16.8. The van der Waals surface area contributed by atoms with Crippen molar-refractivity contribution < 1.29 is 15.0 Å². The molecule has 6 N–H and O–H groups in total. The standard InChI is InChI=1S/C5H12N2O3/c6-3(5(9)10)1-2-4(7)8/h3-4,8H,1-2,6-7H2,(H,9,10)/t3-,4?/m1/s1. The molecule has 0 aromatic carbocycles. The molecule has 0 fully saturated rings. The van der Waals surface area contributed by atoms with Gasteiger partial charge in [-0.3, -0.25) is 4.79 Å². The molecule has 60 valence electrons. The molecule has 0 saturated carbocycles. The molecule has 2 atom stereocenters. The molecule has 0 bridgehead atoms. The monoisotopic (exact) mass is 148 g/mol. The quantitative estimate of drug-likeness (QED) is 0.361. The fraction of sp³-hybridized carbons (Fsp3) is 0.800. The number of carboxylic acid groups (broad SMARTS) is 1. The van der Waals surface area contributed by atoms with E-state index in [0.717, 1.165) is 0 Å². The number of carbonyl (C=O) groups is 1. The van der Waals surface area contributed by atoms with Crippen molar-refractivity contribution in [3.05, 3.63) is 0 Å². The number of aliphatic hydroxyl groups is 1. The van der Waals surface area contributed by atoms with Crippen LogP contribution in [-0.2, 0) is 4.79 Å². The zero-order valence-electron chi connectivity index (χ0n) is 5.53. The predicted molar refractivity (Wildman–Crippen MR) is 35.0 cm³/mol. The molecule has 0 aromatic rings. The zero-order valence-corrected chi connectivity index (χ0v) is 5.53. The number of hydrogen-bond donors (Lipinski definition) is 4. The van der Waals surface area contributed by atoms with Gasteiger partial charge in [-0.2, -0.15) is 0 Å². The second kappa shape index (κ2) is 4.21. The summed E-state index contributed by atoms with van der Waals surface area (Å²) >= 11 is 0. The lowest BCUT2D eigenvalue weighted by molar-refractivity contribution is -0.138. The number of aliphatic carboxylic acids is 1. The van der Waals surface area contributed by atoms with E-state index in [4.69, 9.17) is 21.7 Å². The molecule has 0 heterocycles. The second-order valence-electron chi connectivity index (χ2n) is 2.09. The minimum Gasteiger partial charge on any atom is -0.480 e. The van der Waals surface area contributed by atoms with Crippen LogP contribution in [-0.4, -0.2) is 28.5 Å². The van der Waals surface area contributed by atoms with Gasteiger partial charge in [0.1, 0.15) is 12.3 Å².